The summed E-state index contributed by atoms with van der Waals surface area (Å²) in [6.45, 7) is 0.562. The van der Waals surface area contributed by atoms with Gasteiger partial charge in [0.2, 0.25) is 0 Å². The molecule has 0 bridgehead atoms. The fourth-order valence-electron chi connectivity index (χ4n) is 2.27. The minimum absolute atomic E-state index is 0.417. The first-order valence-corrected chi connectivity index (χ1v) is 8.46. The summed E-state index contributed by atoms with van der Waals surface area (Å²) < 4.78 is 5.19. The fraction of sp³-hybridized carbons (Fsp3) is 0.105. The van der Waals surface area contributed by atoms with Gasteiger partial charge < -0.3 is 15.8 Å². The predicted octanol–water partition coefficient (Wildman–Crippen LogP) is 4.35. The first-order chi connectivity index (χ1) is 11.7. The lowest BCUT2D eigenvalue weighted by molar-refractivity contribution is 0.415. The maximum atomic E-state index is 5.93. The molecule has 0 aliphatic rings. The highest BCUT2D eigenvalue weighted by Crippen LogP contribution is 2.27. The lowest BCUT2D eigenvalue weighted by Crippen LogP contribution is -2.22. The molecule has 3 rings (SSSR count). The van der Waals surface area contributed by atoms with Gasteiger partial charge in [0.1, 0.15) is 5.75 Å². The van der Waals surface area contributed by atoms with Crippen molar-refractivity contribution >= 4 is 23.0 Å². The molecule has 1 heterocycles. The van der Waals surface area contributed by atoms with E-state index in [2.05, 4.69) is 33.9 Å². The number of hydrogen-bond acceptors (Lipinski definition) is 3. The standard InChI is InChI=1S/C19H19N3OS/c1-23-17-9-7-14(8-10-17)15-11-18(24-13-15)12-21-19(20)22-16-5-3-2-4-6-16/h2-11,13H,12H2,1H3,(H3,20,21,22). The summed E-state index contributed by atoms with van der Waals surface area (Å²) in [6.07, 6.45) is 0. The Hall–Kier alpha value is -2.79. The Bertz CT molecular complexity index is 810. The highest BCUT2D eigenvalue weighted by molar-refractivity contribution is 7.10. The topological polar surface area (TPSA) is 59.6 Å². The number of rotatable bonds is 5. The Morgan fingerprint density at radius 2 is 1.83 bits per heavy atom. The van der Waals surface area contributed by atoms with Crippen molar-refractivity contribution in [3.05, 3.63) is 70.9 Å². The molecule has 24 heavy (non-hydrogen) atoms. The van der Waals surface area contributed by atoms with Crippen LogP contribution in [-0.4, -0.2) is 13.1 Å². The van der Waals surface area contributed by atoms with Gasteiger partial charge in [-0.25, -0.2) is 4.99 Å². The molecule has 0 aliphatic heterocycles. The van der Waals surface area contributed by atoms with Crippen LogP contribution in [0.2, 0.25) is 0 Å². The zero-order chi connectivity index (χ0) is 16.8. The van der Waals surface area contributed by atoms with Crippen molar-refractivity contribution in [2.24, 2.45) is 10.7 Å². The van der Waals surface area contributed by atoms with Crippen LogP contribution in [0.5, 0.6) is 5.75 Å². The van der Waals surface area contributed by atoms with Crippen molar-refractivity contribution in [3.8, 4) is 16.9 Å². The first-order valence-electron chi connectivity index (χ1n) is 7.58. The third kappa shape index (κ3) is 4.14. The van der Waals surface area contributed by atoms with E-state index in [9.17, 15) is 0 Å². The van der Waals surface area contributed by atoms with E-state index in [1.54, 1.807) is 18.4 Å². The molecule has 0 fully saturated rings. The van der Waals surface area contributed by atoms with Gasteiger partial charge >= 0.3 is 0 Å². The van der Waals surface area contributed by atoms with Gasteiger partial charge in [-0.2, -0.15) is 0 Å². The van der Waals surface area contributed by atoms with Gasteiger partial charge in [0, 0.05) is 10.6 Å². The number of hydrogen-bond donors (Lipinski definition) is 2. The van der Waals surface area contributed by atoms with Crippen LogP contribution in [-0.2, 0) is 6.54 Å². The molecule has 122 valence electrons. The number of ether oxygens (including phenoxy) is 1. The number of nitrogens with one attached hydrogen (secondary N) is 1. The number of nitrogens with zero attached hydrogens (tertiary/aromatic N) is 1. The Balaban J connectivity index is 1.64. The number of guanidine groups is 1. The van der Waals surface area contributed by atoms with Crippen molar-refractivity contribution in [2.75, 3.05) is 12.4 Å². The van der Waals surface area contributed by atoms with Crippen LogP contribution >= 0.6 is 11.3 Å². The molecule has 5 heteroatoms. The quantitative estimate of drug-likeness (QED) is 0.537. The number of aliphatic imine (C=N–C) groups is 1. The summed E-state index contributed by atoms with van der Waals surface area (Å²) in [5.41, 5.74) is 9.21. The van der Waals surface area contributed by atoms with Crippen LogP contribution in [0, 0.1) is 0 Å². The molecule has 0 amide bonds. The van der Waals surface area contributed by atoms with Crippen LogP contribution < -0.4 is 15.8 Å². The molecule has 0 aliphatic carbocycles. The number of nitrogens with two attached hydrogens (primary N) is 1. The molecule has 0 saturated carbocycles. The molecule has 0 radical (unpaired) electrons. The molecule has 3 aromatic rings. The number of anilines is 1. The maximum absolute atomic E-state index is 5.93. The van der Waals surface area contributed by atoms with E-state index in [0.717, 1.165) is 17.0 Å². The van der Waals surface area contributed by atoms with E-state index >= 15 is 0 Å². The lowest BCUT2D eigenvalue weighted by Gasteiger charge is -2.04. The van der Waals surface area contributed by atoms with Crippen molar-refractivity contribution in [1.82, 2.24) is 0 Å². The Morgan fingerprint density at radius 1 is 1.08 bits per heavy atom. The van der Waals surface area contributed by atoms with Gasteiger partial charge in [0.25, 0.3) is 0 Å². The van der Waals surface area contributed by atoms with Crippen LogP contribution in [0.4, 0.5) is 5.69 Å². The molecular formula is C19H19N3OS. The second-order valence-electron chi connectivity index (χ2n) is 5.22. The van der Waals surface area contributed by atoms with Crippen LogP contribution in [0.25, 0.3) is 11.1 Å². The number of methoxy groups -OCH3 is 1. The largest absolute Gasteiger partial charge is 0.497 e. The van der Waals surface area contributed by atoms with Crippen LogP contribution in [0.15, 0.2) is 71.0 Å². The highest BCUT2D eigenvalue weighted by atomic mass is 32.1. The molecule has 0 atom stereocenters. The molecule has 1 aromatic heterocycles. The van der Waals surface area contributed by atoms with Crippen LogP contribution in [0.1, 0.15) is 4.88 Å². The minimum Gasteiger partial charge on any atom is -0.497 e. The first kappa shape index (κ1) is 16.1. The van der Waals surface area contributed by atoms with E-state index < -0.39 is 0 Å². The molecule has 2 aromatic carbocycles. The molecule has 0 unspecified atom stereocenters. The van der Waals surface area contributed by atoms with E-state index in [0.29, 0.717) is 12.5 Å². The van der Waals surface area contributed by atoms with Crippen molar-refractivity contribution in [3.63, 3.8) is 0 Å². The second-order valence-corrected chi connectivity index (χ2v) is 6.22. The van der Waals surface area contributed by atoms with Gasteiger partial charge in [-0.3, -0.25) is 0 Å². The minimum atomic E-state index is 0.417. The maximum Gasteiger partial charge on any atom is 0.193 e. The molecule has 0 saturated heterocycles. The normalized spacial score (nSPS) is 11.3. The third-order valence-electron chi connectivity index (χ3n) is 3.53. The van der Waals surface area contributed by atoms with Gasteiger partial charge in [0.15, 0.2) is 5.96 Å². The number of benzene rings is 2. The summed E-state index contributed by atoms with van der Waals surface area (Å²) in [7, 11) is 1.67. The highest BCUT2D eigenvalue weighted by Gasteiger charge is 2.03. The average molecular weight is 337 g/mol. The Kier molecular flexibility index (Phi) is 5.13. The summed E-state index contributed by atoms with van der Waals surface area (Å²) in [6, 6.07) is 20.0. The second kappa shape index (κ2) is 7.66. The Labute approximate surface area is 145 Å². The van der Waals surface area contributed by atoms with E-state index in [1.807, 2.05) is 42.5 Å². The summed E-state index contributed by atoms with van der Waals surface area (Å²) >= 11 is 1.68. The predicted molar refractivity (Wildman–Crippen MR) is 102 cm³/mol. The van der Waals surface area contributed by atoms with E-state index in [1.165, 1.54) is 10.4 Å². The van der Waals surface area contributed by atoms with Crippen molar-refractivity contribution < 1.29 is 4.74 Å². The summed E-state index contributed by atoms with van der Waals surface area (Å²) in [5, 5.41) is 5.21. The van der Waals surface area contributed by atoms with Crippen LogP contribution in [0.3, 0.4) is 0 Å². The number of thiophene rings is 1. The number of para-hydroxylation sites is 1. The van der Waals surface area contributed by atoms with Crippen molar-refractivity contribution in [1.29, 1.82) is 0 Å². The smallest absolute Gasteiger partial charge is 0.193 e. The summed E-state index contributed by atoms with van der Waals surface area (Å²) in [5.74, 6) is 1.28. The SMILES string of the molecule is COc1ccc(-c2csc(CN=C(N)Nc3ccccc3)c2)cc1. The van der Waals surface area contributed by atoms with Gasteiger partial charge in [-0.1, -0.05) is 30.3 Å². The molecule has 3 N–H and O–H groups in total. The summed E-state index contributed by atoms with van der Waals surface area (Å²) in [4.78, 5) is 5.56. The lowest BCUT2D eigenvalue weighted by atomic mass is 10.1. The zero-order valence-corrected chi connectivity index (χ0v) is 14.2. The van der Waals surface area contributed by atoms with Crippen molar-refractivity contribution in [2.45, 2.75) is 6.54 Å². The fourth-order valence-corrected chi connectivity index (χ4v) is 3.09. The monoisotopic (exact) mass is 337 g/mol. The Morgan fingerprint density at radius 3 is 2.54 bits per heavy atom. The molecule has 0 spiro atoms. The van der Waals surface area contributed by atoms with Gasteiger partial charge in [0.05, 0.1) is 13.7 Å². The molecular weight excluding hydrogens is 318 g/mol. The van der Waals surface area contributed by atoms with Gasteiger partial charge in [-0.15, -0.1) is 11.3 Å². The zero-order valence-electron chi connectivity index (χ0n) is 13.4. The third-order valence-corrected chi connectivity index (χ3v) is 4.45. The average Bonchev–Trinajstić information content (AvgIpc) is 3.10. The van der Waals surface area contributed by atoms with E-state index in [4.69, 9.17) is 10.5 Å². The molecule has 4 nitrogen and oxygen atoms in total. The van der Waals surface area contributed by atoms with Gasteiger partial charge in [-0.05, 0) is 46.8 Å². The van der Waals surface area contributed by atoms with E-state index in [-0.39, 0.29) is 0 Å².